The van der Waals surface area contributed by atoms with Gasteiger partial charge in [0, 0.05) is 36.9 Å². The van der Waals surface area contributed by atoms with E-state index in [-0.39, 0.29) is 23.7 Å². The van der Waals surface area contributed by atoms with Crippen LogP contribution < -0.4 is 5.32 Å². The number of hydrogen-bond acceptors (Lipinski definition) is 6. The predicted octanol–water partition coefficient (Wildman–Crippen LogP) is 1.43. The lowest BCUT2D eigenvalue weighted by Gasteiger charge is -2.27. The predicted molar refractivity (Wildman–Crippen MR) is 90.0 cm³/mol. The topological polar surface area (TPSA) is 89.3 Å². The monoisotopic (exact) mass is 347 g/mol. The standard InChI is InChI=1S/C16H21N5O2S/c1-10(2)15(23)21-6-4-12-13(8-21)24-16(18-12)19-14(22)11-3-5-20(7-11)9-17/h10-11H,3-8H2,1-2H3,(H,18,19,22). The molecule has 0 aliphatic carbocycles. The SMILES string of the molecule is CC(C)C(=O)N1CCc2nc(NC(=O)C3CCN(C#N)C3)sc2C1. The molecular formula is C16H21N5O2S. The van der Waals surface area contributed by atoms with Crippen molar-refractivity contribution in [1.82, 2.24) is 14.8 Å². The van der Waals surface area contributed by atoms with E-state index < -0.39 is 0 Å². The molecule has 128 valence electrons. The molecule has 1 aromatic heterocycles. The van der Waals surface area contributed by atoms with Crippen molar-refractivity contribution in [2.45, 2.75) is 33.2 Å². The zero-order valence-electron chi connectivity index (χ0n) is 13.9. The Kier molecular flexibility index (Phi) is 4.71. The number of fused-ring (bicyclic) bond motifs is 1. The zero-order valence-corrected chi connectivity index (χ0v) is 14.7. The molecular weight excluding hydrogens is 326 g/mol. The number of thiazole rings is 1. The summed E-state index contributed by atoms with van der Waals surface area (Å²) in [4.78, 5) is 33.5. The summed E-state index contributed by atoms with van der Waals surface area (Å²) in [5.74, 6) is -0.0927. The molecule has 1 fully saturated rings. The Morgan fingerprint density at radius 2 is 2.21 bits per heavy atom. The average Bonchev–Trinajstić information content (AvgIpc) is 3.19. The highest BCUT2D eigenvalue weighted by Crippen LogP contribution is 2.29. The number of nitriles is 1. The Morgan fingerprint density at radius 1 is 1.42 bits per heavy atom. The van der Waals surface area contributed by atoms with Crippen LogP contribution in [0.3, 0.4) is 0 Å². The van der Waals surface area contributed by atoms with Gasteiger partial charge in [-0.15, -0.1) is 0 Å². The lowest BCUT2D eigenvalue weighted by molar-refractivity contribution is -0.135. The van der Waals surface area contributed by atoms with E-state index in [1.54, 1.807) is 4.90 Å². The number of rotatable bonds is 3. The number of carbonyl (C=O) groups excluding carboxylic acids is 2. The second kappa shape index (κ2) is 6.77. The van der Waals surface area contributed by atoms with Gasteiger partial charge in [-0.2, -0.15) is 5.26 Å². The van der Waals surface area contributed by atoms with Crippen LogP contribution in [0.25, 0.3) is 0 Å². The third kappa shape index (κ3) is 3.36. The van der Waals surface area contributed by atoms with E-state index in [0.29, 0.717) is 37.7 Å². The van der Waals surface area contributed by atoms with Gasteiger partial charge >= 0.3 is 0 Å². The van der Waals surface area contributed by atoms with Gasteiger partial charge in [-0.3, -0.25) is 9.59 Å². The Hall–Kier alpha value is -2.14. The molecule has 1 aromatic rings. The molecule has 2 amide bonds. The van der Waals surface area contributed by atoms with Crippen molar-refractivity contribution in [1.29, 1.82) is 5.26 Å². The molecule has 0 spiro atoms. The number of carbonyl (C=O) groups is 2. The molecule has 24 heavy (non-hydrogen) atoms. The Labute approximate surface area is 145 Å². The van der Waals surface area contributed by atoms with Gasteiger partial charge in [0.2, 0.25) is 11.8 Å². The lowest BCUT2D eigenvalue weighted by Crippen LogP contribution is -2.37. The molecule has 1 atom stereocenters. The first kappa shape index (κ1) is 16.7. The molecule has 3 heterocycles. The fraction of sp³-hybridized carbons (Fsp3) is 0.625. The molecule has 8 heteroatoms. The van der Waals surface area contributed by atoms with E-state index in [1.165, 1.54) is 11.3 Å². The molecule has 1 unspecified atom stereocenters. The van der Waals surface area contributed by atoms with Crippen molar-refractivity contribution in [3.63, 3.8) is 0 Å². The highest BCUT2D eigenvalue weighted by Gasteiger charge is 2.30. The van der Waals surface area contributed by atoms with Gasteiger partial charge in [0.25, 0.3) is 0 Å². The summed E-state index contributed by atoms with van der Waals surface area (Å²) in [7, 11) is 0. The van der Waals surface area contributed by atoms with E-state index in [0.717, 1.165) is 17.0 Å². The number of amides is 2. The number of nitrogens with one attached hydrogen (secondary N) is 1. The summed E-state index contributed by atoms with van der Waals surface area (Å²) in [5, 5.41) is 12.4. The summed E-state index contributed by atoms with van der Waals surface area (Å²) in [5.41, 5.74) is 0.980. The van der Waals surface area contributed by atoms with Crippen LogP contribution in [0.2, 0.25) is 0 Å². The van der Waals surface area contributed by atoms with Gasteiger partial charge in [-0.05, 0) is 6.42 Å². The number of aromatic nitrogens is 1. The number of likely N-dealkylation sites (tertiary alicyclic amines) is 1. The van der Waals surface area contributed by atoms with E-state index in [2.05, 4.69) is 16.5 Å². The molecule has 0 bridgehead atoms. The summed E-state index contributed by atoms with van der Waals surface area (Å²) in [6.07, 6.45) is 3.50. The molecule has 2 aliphatic heterocycles. The van der Waals surface area contributed by atoms with Crippen LogP contribution >= 0.6 is 11.3 Å². The Morgan fingerprint density at radius 3 is 2.88 bits per heavy atom. The van der Waals surface area contributed by atoms with Crippen LogP contribution in [0.5, 0.6) is 0 Å². The first-order chi connectivity index (χ1) is 11.5. The molecule has 2 aliphatic rings. The van der Waals surface area contributed by atoms with Gasteiger partial charge < -0.3 is 15.1 Å². The smallest absolute Gasteiger partial charge is 0.231 e. The van der Waals surface area contributed by atoms with Crippen molar-refractivity contribution in [2.75, 3.05) is 25.0 Å². The van der Waals surface area contributed by atoms with Gasteiger partial charge in [-0.25, -0.2) is 4.98 Å². The first-order valence-electron chi connectivity index (χ1n) is 8.21. The second-order valence-electron chi connectivity index (χ2n) is 6.57. The summed E-state index contributed by atoms with van der Waals surface area (Å²) < 4.78 is 0. The maximum absolute atomic E-state index is 12.3. The summed E-state index contributed by atoms with van der Waals surface area (Å²) in [6, 6.07) is 0. The zero-order chi connectivity index (χ0) is 17.3. The molecule has 1 N–H and O–H groups in total. The molecule has 1 saturated heterocycles. The van der Waals surface area contributed by atoms with E-state index in [9.17, 15) is 9.59 Å². The highest BCUT2D eigenvalue weighted by atomic mass is 32.1. The van der Waals surface area contributed by atoms with Crippen LogP contribution in [0.1, 0.15) is 30.8 Å². The van der Waals surface area contributed by atoms with Gasteiger partial charge in [0.1, 0.15) is 0 Å². The second-order valence-corrected chi connectivity index (χ2v) is 7.66. The third-order valence-electron chi connectivity index (χ3n) is 4.47. The Bertz CT molecular complexity index is 693. The molecule has 0 saturated carbocycles. The minimum absolute atomic E-state index is 0.0101. The van der Waals surface area contributed by atoms with E-state index >= 15 is 0 Å². The fourth-order valence-electron chi connectivity index (χ4n) is 3.07. The van der Waals surface area contributed by atoms with E-state index in [1.807, 2.05) is 18.7 Å². The van der Waals surface area contributed by atoms with Gasteiger partial charge in [-0.1, -0.05) is 25.2 Å². The van der Waals surface area contributed by atoms with Crippen LogP contribution in [0.15, 0.2) is 0 Å². The number of anilines is 1. The summed E-state index contributed by atoms with van der Waals surface area (Å²) in [6.45, 7) is 6.18. The number of nitrogens with zero attached hydrogens (tertiary/aromatic N) is 4. The quantitative estimate of drug-likeness (QED) is 0.836. The van der Waals surface area contributed by atoms with E-state index in [4.69, 9.17) is 5.26 Å². The third-order valence-corrected chi connectivity index (χ3v) is 5.47. The van der Waals surface area contributed by atoms with Crippen molar-refractivity contribution in [3.05, 3.63) is 10.6 Å². The minimum Gasteiger partial charge on any atom is -0.337 e. The average molecular weight is 347 g/mol. The molecule has 0 aromatic carbocycles. The fourth-order valence-corrected chi connectivity index (χ4v) is 4.10. The van der Waals surface area contributed by atoms with Crippen LogP contribution in [-0.4, -0.2) is 46.2 Å². The normalized spacial score (nSPS) is 20.0. The largest absolute Gasteiger partial charge is 0.337 e. The maximum Gasteiger partial charge on any atom is 0.231 e. The Balaban J connectivity index is 1.63. The van der Waals surface area contributed by atoms with Gasteiger partial charge in [0.15, 0.2) is 11.3 Å². The van der Waals surface area contributed by atoms with Gasteiger partial charge in [0.05, 0.1) is 18.2 Å². The van der Waals surface area contributed by atoms with Crippen molar-refractivity contribution in [2.24, 2.45) is 11.8 Å². The first-order valence-corrected chi connectivity index (χ1v) is 9.02. The van der Waals surface area contributed by atoms with Crippen LogP contribution in [0.4, 0.5) is 5.13 Å². The van der Waals surface area contributed by atoms with Crippen LogP contribution in [-0.2, 0) is 22.6 Å². The molecule has 0 radical (unpaired) electrons. The van der Waals surface area contributed by atoms with Crippen LogP contribution in [0, 0.1) is 23.3 Å². The van der Waals surface area contributed by atoms with Crippen molar-refractivity contribution < 1.29 is 9.59 Å². The van der Waals surface area contributed by atoms with Crippen molar-refractivity contribution in [3.8, 4) is 6.19 Å². The molecule has 7 nitrogen and oxygen atoms in total. The van der Waals surface area contributed by atoms with Crippen molar-refractivity contribution >= 4 is 28.3 Å². The summed E-state index contributed by atoms with van der Waals surface area (Å²) >= 11 is 1.45. The lowest BCUT2D eigenvalue weighted by atomic mass is 10.1. The number of hydrogen-bond donors (Lipinski definition) is 1. The minimum atomic E-state index is -0.162. The highest BCUT2D eigenvalue weighted by molar-refractivity contribution is 7.15. The molecule has 3 rings (SSSR count). The maximum atomic E-state index is 12.3.